The van der Waals surface area contributed by atoms with Gasteiger partial charge in [0.25, 0.3) is 5.69 Å². The number of ketones is 1. The monoisotopic (exact) mass is 329 g/mol. The van der Waals surface area contributed by atoms with Gasteiger partial charge in [0.15, 0.2) is 11.0 Å². The number of carbonyl (C=O) groups excluding carboxylic acids is 1. The molecule has 1 aliphatic heterocycles. The number of amidine groups is 1. The summed E-state index contributed by atoms with van der Waals surface area (Å²) in [5.41, 5.74) is 1.49. The molecule has 0 aliphatic carbocycles. The number of hydrogen-bond donors (Lipinski definition) is 0. The van der Waals surface area contributed by atoms with Crippen molar-refractivity contribution in [3.8, 4) is 0 Å². The minimum Gasteiger partial charge on any atom is -0.343 e. The maximum Gasteiger partial charge on any atom is 0.269 e. The summed E-state index contributed by atoms with van der Waals surface area (Å²) < 4.78 is 0. The number of nitro groups is 1. The van der Waals surface area contributed by atoms with Crippen LogP contribution in [0.15, 0.2) is 23.2 Å². The second kappa shape index (κ2) is 6.91. The zero-order chi connectivity index (χ0) is 14.9. The Bertz CT molecular complexity index is 606. The molecule has 1 atom stereocenters. The number of nitrogens with zero attached hydrogens (tertiary/aromatic N) is 3. The lowest BCUT2D eigenvalue weighted by Gasteiger charge is -2.18. The van der Waals surface area contributed by atoms with Crippen LogP contribution in [0.5, 0.6) is 0 Å². The number of likely N-dealkylation sites (N-methyl/N-ethyl adjacent to an activating group) is 1. The van der Waals surface area contributed by atoms with Gasteiger partial charge >= 0.3 is 0 Å². The average molecular weight is 330 g/mol. The van der Waals surface area contributed by atoms with Crippen LogP contribution >= 0.6 is 24.2 Å². The maximum absolute atomic E-state index is 11.5. The molecule has 1 heterocycles. The smallest absolute Gasteiger partial charge is 0.269 e. The molecule has 8 heteroatoms. The number of halogens is 1. The van der Waals surface area contributed by atoms with Crippen molar-refractivity contribution in [2.45, 2.75) is 19.9 Å². The van der Waals surface area contributed by atoms with E-state index in [0.717, 1.165) is 10.7 Å². The predicted molar refractivity (Wildman–Crippen MR) is 86.9 cm³/mol. The van der Waals surface area contributed by atoms with Gasteiger partial charge in [-0.2, -0.15) is 0 Å². The van der Waals surface area contributed by atoms with Gasteiger partial charge < -0.3 is 4.90 Å². The van der Waals surface area contributed by atoms with Crippen LogP contribution in [0.1, 0.15) is 12.5 Å². The Kier molecular flexibility index (Phi) is 5.74. The summed E-state index contributed by atoms with van der Waals surface area (Å²) in [6.07, 6.45) is 0. The van der Waals surface area contributed by atoms with E-state index in [4.69, 9.17) is 0 Å². The lowest BCUT2D eigenvalue weighted by molar-refractivity contribution is -0.384. The van der Waals surface area contributed by atoms with E-state index in [1.807, 2.05) is 11.9 Å². The topological polar surface area (TPSA) is 75.8 Å². The standard InChI is InChI=1S/C13H15N3O3S.ClH/c1-8-6-10(16(18)19)4-5-11(8)14-13-15(3)12(7-20-13)9(2)17;/h4-6,12H,7H2,1-3H3;1H/t12-;/m1./s1. The molecule has 21 heavy (non-hydrogen) atoms. The van der Waals surface area contributed by atoms with Gasteiger partial charge in [0, 0.05) is 24.9 Å². The van der Waals surface area contributed by atoms with Gasteiger partial charge in [-0.3, -0.25) is 14.9 Å². The second-order valence-electron chi connectivity index (χ2n) is 4.67. The highest BCUT2D eigenvalue weighted by Crippen LogP contribution is 2.29. The lowest BCUT2D eigenvalue weighted by Crippen LogP contribution is -2.35. The third-order valence-electron chi connectivity index (χ3n) is 3.22. The van der Waals surface area contributed by atoms with Gasteiger partial charge in [0.05, 0.1) is 16.7 Å². The zero-order valence-electron chi connectivity index (χ0n) is 11.9. The van der Waals surface area contributed by atoms with Crippen LogP contribution in [0.25, 0.3) is 0 Å². The van der Waals surface area contributed by atoms with E-state index in [-0.39, 0.29) is 29.9 Å². The largest absolute Gasteiger partial charge is 0.343 e. The molecular weight excluding hydrogens is 314 g/mol. The van der Waals surface area contributed by atoms with E-state index in [1.54, 1.807) is 19.9 Å². The molecule has 6 nitrogen and oxygen atoms in total. The first-order valence-electron chi connectivity index (χ1n) is 6.10. The Hall–Kier alpha value is -1.60. The van der Waals surface area contributed by atoms with Gasteiger partial charge in [-0.25, -0.2) is 4.99 Å². The fourth-order valence-corrected chi connectivity index (χ4v) is 3.24. The van der Waals surface area contributed by atoms with Crippen LogP contribution in [0.4, 0.5) is 11.4 Å². The van der Waals surface area contributed by atoms with Crippen molar-refractivity contribution in [3.63, 3.8) is 0 Å². The molecule has 1 saturated heterocycles. The summed E-state index contributed by atoms with van der Waals surface area (Å²) in [6.45, 7) is 3.36. The molecule has 1 aromatic carbocycles. The fraction of sp³-hybridized carbons (Fsp3) is 0.385. The minimum absolute atomic E-state index is 0. The third-order valence-corrected chi connectivity index (χ3v) is 4.34. The number of aliphatic imine (C=N–C) groups is 1. The molecule has 1 fully saturated rings. The molecule has 0 radical (unpaired) electrons. The molecule has 2 rings (SSSR count). The number of aryl methyl sites for hydroxylation is 1. The van der Waals surface area contributed by atoms with Crippen molar-refractivity contribution in [2.75, 3.05) is 12.8 Å². The van der Waals surface area contributed by atoms with Crippen molar-refractivity contribution in [3.05, 3.63) is 33.9 Å². The first-order valence-corrected chi connectivity index (χ1v) is 7.08. The number of non-ortho nitro benzene ring substituents is 1. The number of benzene rings is 1. The SMILES string of the molecule is CC(=O)[C@H]1CSC(=Nc2ccc([N+](=O)[O-])cc2C)N1C.Cl. The van der Waals surface area contributed by atoms with Crippen molar-refractivity contribution >= 4 is 46.5 Å². The van der Waals surface area contributed by atoms with E-state index < -0.39 is 4.92 Å². The van der Waals surface area contributed by atoms with Gasteiger partial charge in [-0.15, -0.1) is 12.4 Å². The zero-order valence-corrected chi connectivity index (χ0v) is 13.5. The Balaban J connectivity index is 0.00000220. The normalized spacial score (nSPS) is 19.5. The lowest BCUT2D eigenvalue weighted by atomic mass is 10.2. The van der Waals surface area contributed by atoms with Crippen molar-refractivity contribution in [1.82, 2.24) is 4.90 Å². The van der Waals surface area contributed by atoms with Crippen molar-refractivity contribution in [1.29, 1.82) is 0 Å². The molecule has 0 unspecified atom stereocenters. The molecule has 114 valence electrons. The van der Waals surface area contributed by atoms with Crippen LogP contribution in [0.2, 0.25) is 0 Å². The molecule has 0 N–H and O–H groups in total. The summed E-state index contributed by atoms with van der Waals surface area (Å²) in [7, 11) is 1.84. The van der Waals surface area contributed by atoms with Gasteiger partial charge in [-0.1, -0.05) is 11.8 Å². The highest BCUT2D eigenvalue weighted by molar-refractivity contribution is 8.14. The van der Waals surface area contributed by atoms with E-state index >= 15 is 0 Å². The van der Waals surface area contributed by atoms with Crippen LogP contribution in [-0.2, 0) is 4.79 Å². The average Bonchev–Trinajstić information content (AvgIpc) is 2.73. The summed E-state index contributed by atoms with van der Waals surface area (Å²) in [5.74, 6) is 0.807. The molecular formula is C13H16ClN3O3S. The first kappa shape index (κ1) is 17.5. The Morgan fingerprint density at radius 1 is 1.52 bits per heavy atom. The first-order chi connectivity index (χ1) is 9.40. The van der Waals surface area contributed by atoms with Crippen molar-refractivity contribution < 1.29 is 9.72 Å². The number of nitro benzene ring substituents is 1. The van der Waals surface area contributed by atoms with Crippen LogP contribution in [0, 0.1) is 17.0 Å². The summed E-state index contributed by atoms with van der Waals surface area (Å²) in [4.78, 5) is 28.1. The van der Waals surface area contributed by atoms with E-state index in [0.29, 0.717) is 11.4 Å². The Morgan fingerprint density at radius 3 is 2.67 bits per heavy atom. The van der Waals surface area contributed by atoms with E-state index in [1.165, 1.54) is 23.9 Å². The fourth-order valence-electron chi connectivity index (χ4n) is 1.98. The second-order valence-corrected chi connectivity index (χ2v) is 5.66. The summed E-state index contributed by atoms with van der Waals surface area (Å²) in [6, 6.07) is 4.43. The maximum atomic E-state index is 11.5. The molecule has 0 saturated carbocycles. The molecule has 1 aromatic rings. The highest BCUT2D eigenvalue weighted by Gasteiger charge is 2.30. The predicted octanol–water partition coefficient (Wildman–Crippen LogP) is 2.95. The summed E-state index contributed by atoms with van der Waals surface area (Å²) >= 11 is 1.52. The van der Waals surface area contributed by atoms with Gasteiger partial charge in [0.2, 0.25) is 0 Å². The number of hydrogen-bond acceptors (Lipinski definition) is 5. The van der Waals surface area contributed by atoms with Crippen molar-refractivity contribution in [2.24, 2.45) is 4.99 Å². The summed E-state index contributed by atoms with van der Waals surface area (Å²) in [5, 5.41) is 11.5. The molecule has 0 spiro atoms. The Morgan fingerprint density at radius 2 is 2.19 bits per heavy atom. The van der Waals surface area contributed by atoms with E-state index in [2.05, 4.69) is 4.99 Å². The number of rotatable bonds is 3. The highest BCUT2D eigenvalue weighted by atomic mass is 35.5. The minimum atomic E-state index is -0.424. The number of thioether (sulfide) groups is 1. The van der Waals surface area contributed by atoms with Gasteiger partial charge in [-0.05, 0) is 25.5 Å². The van der Waals surface area contributed by atoms with Crippen LogP contribution in [0.3, 0.4) is 0 Å². The molecule has 1 aliphatic rings. The quantitative estimate of drug-likeness (QED) is 0.629. The number of carbonyl (C=O) groups is 1. The molecule has 0 bridgehead atoms. The molecule has 0 amide bonds. The molecule has 0 aromatic heterocycles. The third kappa shape index (κ3) is 3.74. The Labute approximate surface area is 133 Å². The van der Waals surface area contributed by atoms with Crippen LogP contribution in [-0.4, -0.2) is 39.6 Å². The number of Topliss-reactive ketones (excluding diaryl/α,β-unsaturated/α-hetero) is 1. The van der Waals surface area contributed by atoms with Gasteiger partial charge in [0.1, 0.15) is 0 Å². The van der Waals surface area contributed by atoms with Crippen LogP contribution < -0.4 is 0 Å². The van der Waals surface area contributed by atoms with E-state index in [9.17, 15) is 14.9 Å².